The van der Waals surface area contributed by atoms with Crippen LogP contribution >= 0.6 is 0 Å². The molecule has 25 heavy (non-hydrogen) atoms. The maximum absolute atomic E-state index is 13.4. The number of aromatic nitrogens is 2. The number of nitrogens with one attached hydrogen (secondary N) is 1. The number of anilines is 2. The molecule has 0 aliphatic carbocycles. The molecule has 2 saturated heterocycles. The number of fused-ring (bicyclic) bond motifs is 5. The zero-order chi connectivity index (χ0) is 17.3. The average Bonchev–Trinajstić information content (AvgIpc) is 3.26. The molecule has 3 N–H and O–H groups in total. The molecular weight excluding hydrogens is 335 g/mol. The second kappa shape index (κ2) is 4.75. The van der Waals surface area contributed by atoms with Crippen molar-refractivity contribution in [3.05, 3.63) is 23.8 Å². The molecular formula is C16H14F3N5O. The van der Waals surface area contributed by atoms with Gasteiger partial charge in [0.05, 0.1) is 10.9 Å². The maximum Gasteiger partial charge on any atom is 0.417 e. The van der Waals surface area contributed by atoms with Crippen LogP contribution in [0.4, 0.5) is 24.9 Å². The number of rotatable bonds is 1. The summed E-state index contributed by atoms with van der Waals surface area (Å²) in [5.41, 5.74) is 5.53. The molecule has 2 aromatic heterocycles. The molecule has 2 aliphatic rings. The van der Waals surface area contributed by atoms with E-state index in [1.54, 1.807) is 0 Å². The highest BCUT2D eigenvalue weighted by Gasteiger charge is 2.40. The molecule has 4 heterocycles. The predicted octanol–water partition coefficient (Wildman–Crippen LogP) is 2.53. The van der Waals surface area contributed by atoms with Crippen LogP contribution < -0.4 is 16.0 Å². The molecule has 0 saturated carbocycles. The molecule has 130 valence electrons. The standard InChI is InChI=1S/C16H14F3N5O/c17-16(18,19)9-2-1-3-10-11(9)12-13(25-10)14(23-15(20)22-12)24-6-7-4-8(24)5-21-7/h1-3,7-8,21H,4-6H2,(H2,20,22,23). The topological polar surface area (TPSA) is 80.2 Å². The summed E-state index contributed by atoms with van der Waals surface area (Å²) in [6, 6.07) is 4.44. The third kappa shape index (κ3) is 2.08. The number of nitrogens with zero attached hydrogens (tertiary/aromatic N) is 3. The average molecular weight is 349 g/mol. The number of hydrogen-bond donors (Lipinski definition) is 2. The van der Waals surface area contributed by atoms with Crippen LogP contribution in [0.3, 0.4) is 0 Å². The smallest absolute Gasteiger partial charge is 0.417 e. The highest BCUT2D eigenvalue weighted by Crippen LogP contribution is 2.42. The van der Waals surface area contributed by atoms with Crippen molar-refractivity contribution < 1.29 is 17.6 Å². The fourth-order valence-electron chi connectivity index (χ4n) is 3.94. The second-order valence-corrected chi connectivity index (χ2v) is 6.51. The van der Waals surface area contributed by atoms with Crippen LogP contribution in [-0.2, 0) is 6.18 Å². The Morgan fingerprint density at radius 1 is 1.28 bits per heavy atom. The summed E-state index contributed by atoms with van der Waals surface area (Å²) >= 11 is 0. The first-order valence-corrected chi connectivity index (χ1v) is 7.98. The van der Waals surface area contributed by atoms with Gasteiger partial charge in [-0.1, -0.05) is 6.07 Å². The quantitative estimate of drug-likeness (QED) is 0.703. The van der Waals surface area contributed by atoms with Gasteiger partial charge in [-0.25, -0.2) is 4.98 Å². The van der Waals surface area contributed by atoms with Gasteiger partial charge in [-0.05, 0) is 18.6 Å². The summed E-state index contributed by atoms with van der Waals surface area (Å²) < 4.78 is 46.0. The minimum atomic E-state index is -4.51. The van der Waals surface area contributed by atoms with Gasteiger partial charge in [-0.3, -0.25) is 0 Å². The summed E-state index contributed by atoms with van der Waals surface area (Å²) in [6.07, 6.45) is -3.54. The van der Waals surface area contributed by atoms with Crippen LogP contribution in [0, 0.1) is 0 Å². The molecule has 0 amide bonds. The van der Waals surface area contributed by atoms with E-state index in [9.17, 15) is 13.2 Å². The molecule has 3 aromatic rings. The fourth-order valence-corrected chi connectivity index (χ4v) is 3.94. The van der Waals surface area contributed by atoms with E-state index in [1.165, 1.54) is 12.1 Å². The first-order chi connectivity index (χ1) is 11.9. The normalized spacial score (nSPS) is 23.2. The van der Waals surface area contributed by atoms with Crippen molar-refractivity contribution in [2.45, 2.75) is 24.7 Å². The van der Waals surface area contributed by atoms with Crippen molar-refractivity contribution >= 4 is 33.8 Å². The molecule has 5 rings (SSSR count). The highest BCUT2D eigenvalue weighted by molar-refractivity contribution is 6.08. The summed E-state index contributed by atoms with van der Waals surface area (Å²) in [5, 5.41) is 3.31. The van der Waals surface area contributed by atoms with E-state index in [0.717, 1.165) is 25.6 Å². The first kappa shape index (κ1) is 14.8. The van der Waals surface area contributed by atoms with E-state index >= 15 is 0 Å². The van der Waals surface area contributed by atoms with Crippen LogP contribution in [0.2, 0.25) is 0 Å². The van der Waals surface area contributed by atoms with Crippen molar-refractivity contribution in [3.63, 3.8) is 0 Å². The molecule has 0 radical (unpaired) electrons. The first-order valence-electron chi connectivity index (χ1n) is 7.98. The lowest BCUT2D eigenvalue weighted by molar-refractivity contribution is -0.136. The highest BCUT2D eigenvalue weighted by atomic mass is 19.4. The van der Waals surface area contributed by atoms with Gasteiger partial charge in [0.25, 0.3) is 0 Å². The number of alkyl halides is 3. The SMILES string of the molecule is Nc1nc(N2CC3CC2CN3)c2oc3cccc(C(F)(F)F)c3c2n1. The Balaban J connectivity index is 1.81. The lowest BCUT2D eigenvalue weighted by Gasteiger charge is -2.28. The van der Waals surface area contributed by atoms with Crippen LogP contribution in [0.1, 0.15) is 12.0 Å². The zero-order valence-electron chi connectivity index (χ0n) is 13.0. The van der Waals surface area contributed by atoms with Gasteiger partial charge >= 0.3 is 6.18 Å². The minimum absolute atomic E-state index is 0.0575. The Hall–Kier alpha value is -2.55. The Bertz CT molecular complexity index is 999. The van der Waals surface area contributed by atoms with Crippen molar-refractivity contribution in [1.82, 2.24) is 15.3 Å². The van der Waals surface area contributed by atoms with E-state index in [2.05, 4.69) is 20.2 Å². The third-order valence-corrected chi connectivity index (χ3v) is 4.97. The number of nitrogens with two attached hydrogens (primary N) is 1. The monoisotopic (exact) mass is 349 g/mol. The van der Waals surface area contributed by atoms with E-state index in [1.807, 2.05) is 0 Å². The van der Waals surface area contributed by atoms with Crippen molar-refractivity contribution in [2.75, 3.05) is 23.7 Å². The number of benzene rings is 1. The Kier molecular flexibility index (Phi) is 2.81. The van der Waals surface area contributed by atoms with Crippen LogP contribution in [0.25, 0.3) is 22.1 Å². The molecule has 2 fully saturated rings. The summed E-state index contributed by atoms with van der Waals surface area (Å²) in [5.74, 6) is 0.415. The van der Waals surface area contributed by atoms with Crippen LogP contribution in [0.5, 0.6) is 0 Å². The lowest BCUT2D eigenvalue weighted by atomic mass is 10.1. The van der Waals surface area contributed by atoms with E-state index < -0.39 is 11.7 Å². The predicted molar refractivity (Wildman–Crippen MR) is 86.3 cm³/mol. The van der Waals surface area contributed by atoms with Gasteiger partial charge in [0.1, 0.15) is 11.1 Å². The minimum Gasteiger partial charge on any atom is -0.450 e. The second-order valence-electron chi connectivity index (χ2n) is 6.51. The maximum atomic E-state index is 13.4. The van der Waals surface area contributed by atoms with Crippen molar-refractivity contribution in [2.24, 2.45) is 0 Å². The largest absolute Gasteiger partial charge is 0.450 e. The molecule has 2 aliphatic heterocycles. The number of furan rings is 1. The fraction of sp³-hybridized carbons (Fsp3) is 0.375. The summed E-state index contributed by atoms with van der Waals surface area (Å²) in [4.78, 5) is 10.4. The van der Waals surface area contributed by atoms with E-state index in [0.29, 0.717) is 11.9 Å². The third-order valence-electron chi connectivity index (χ3n) is 4.97. The molecule has 1 aromatic carbocycles. The number of piperazine rings is 1. The molecule has 0 spiro atoms. The molecule has 2 bridgehead atoms. The lowest BCUT2D eigenvalue weighted by Crippen LogP contribution is -2.44. The molecule has 9 heteroatoms. The number of hydrogen-bond acceptors (Lipinski definition) is 6. The van der Waals surface area contributed by atoms with Gasteiger partial charge in [-0.15, -0.1) is 0 Å². The Labute approximate surface area is 139 Å². The van der Waals surface area contributed by atoms with Gasteiger partial charge in [0, 0.05) is 25.2 Å². The Morgan fingerprint density at radius 2 is 2.12 bits per heavy atom. The Morgan fingerprint density at radius 3 is 2.80 bits per heavy atom. The van der Waals surface area contributed by atoms with E-state index in [-0.39, 0.29) is 34.1 Å². The number of halogens is 3. The molecule has 2 unspecified atom stereocenters. The van der Waals surface area contributed by atoms with Gasteiger partial charge in [-0.2, -0.15) is 18.2 Å². The zero-order valence-corrected chi connectivity index (χ0v) is 13.0. The molecule has 2 atom stereocenters. The summed E-state index contributed by atoms with van der Waals surface area (Å²) in [7, 11) is 0. The van der Waals surface area contributed by atoms with E-state index in [4.69, 9.17) is 10.2 Å². The van der Waals surface area contributed by atoms with Gasteiger partial charge in [0.15, 0.2) is 11.4 Å². The van der Waals surface area contributed by atoms with Crippen LogP contribution in [0.15, 0.2) is 22.6 Å². The van der Waals surface area contributed by atoms with Crippen molar-refractivity contribution in [1.29, 1.82) is 0 Å². The van der Waals surface area contributed by atoms with Crippen molar-refractivity contribution in [3.8, 4) is 0 Å². The van der Waals surface area contributed by atoms with Gasteiger partial charge in [0.2, 0.25) is 5.95 Å². The van der Waals surface area contributed by atoms with Crippen LogP contribution in [-0.4, -0.2) is 35.1 Å². The molecule has 6 nitrogen and oxygen atoms in total. The number of nitrogen functional groups attached to an aromatic ring is 1. The summed E-state index contributed by atoms with van der Waals surface area (Å²) in [6.45, 7) is 1.53. The van der Waals surface area contributed by atoms with Gasteiger partial charge < -0.3 is 20.4 Å².